The fraction of sp³-hybridized carbons (Fsp3) is 0.625. The van der Waals surface area contributed by atoms with Gasteiger partial charge in [0.2, 0.25) is 0 Å². The zero-order valence-electron chi connectivity index (χ0n) is 12.6. The minimum Gasteiger partial charge on any atom is -0.483 e. The monoisotopic (exact) mass is 290 g/mol. The number of ether oxygens (including phenoxy) is 1. The minimum absolute atomic E-state index is 0.0797. The second kappa shape index (κ2) is 5.30. The largest absolute Gasteiger partial charge is 0.483 e. The third-order valence-corrected chi connectivity index (χ3v) is 5.32. The van der Waals surface area contributed by atoms with Crippen LogP contribution in [0.5, 0.6) is 5.75 Å². The molecular weight excluding hydrogens is 268 g/mol. The summed E-state index contributed by atoms with van der Waals surface area (Å²) in [6, 6.07) is 5.59. The number of benzene rings is 1. The molecule has 2 aliphatic carbocycles. The summed E-state index contributed by atoms with van der Waals surface area (Å²) in [5, 5.41) is 14.6. The number of aryl methyl sites for hydroxylation is 1. The van der Waals surface area contributed by atoms with Crippen LogP contribution in [0.2, 0.25) is 0 Å². The number of rotatable bonds is 4. The maximum atomic E-state index is 11.2. The van der Waals surface area contributed by atoms with Crippen molar-refractivity contribution in [3.05, 3.63) is 33.9 Å². The van der Waals surface area contributed by atoms with E-state index in [-0.39, 0.29) is 22.1 Å². The van der Waals surface area contributed by atoms with Gasteiger partial charge in [0, 0.05) is 23.9 Å². The Labute approximate surface area is 124 Å². The Balaban J connectivity index is 1.86. The van der Waals surface area contributed by atoms with E-state index < -0.39 is 0 Å². The molecule has 0 heterocycles. The Morgan fingerprint density at radius 1 is 1.38 bits per heavy atom. The summed E-state index contributed by atoms with van der Waals surface area (Å²) in [5.41, 5.74) is 1.09. The van der Waals surface area contributed by atoms with E-state index >= 15 is 0 Å². The second-order valence-corrected chi connectivity index (χ2v) is 6.30. The van der Waals surface area contributed by atoms with Crippen LogP contribution in [0.25, 0.3) is 0 Å². The number of nitro benzene ring substituents is 1. The van der Waals surface area contributed by atoms with E-state index in [2.05, 4.69) is 5.32 Å². The number of nitro groups is 1. The van der Waals surface area contributed by atoms with Crippen LogP contribution in [0.3, 0.4) is 0 Å². The maximum Gasteiger partial charge on any atom is 0.311 e. The van der Waals surface area contributed by atoms with E-state index in [1.807, 2.05) is 20.0 Å². The van der Waals surface area contributed by atoms with Crippen molar-refractivity contribution in [3.63, 3.8) is 0 Å². The van der Waals surface area contributed by atoms with Crippen molar-refractivity contribution < 1.29 is 9.66 Å². The van der Waals surface area contributed by atoms with Crippen molar-refractivity contribution in [2.75, 3.05) is 7.05 Å². The molecular formula is C16H22N2O3. The molecule has 0 radical (unpaired) electrons. The highest BCUT2D eigenvalue weighted by atomic mass is 16.6. The molecule has 2 atom stereocenters. The third kappa shape index (κ3) is 2.20. The Bertz CT molecular complexity index is 552. The molecule has 0 amide bonds. The molecule has 1 aromatic carbocycles. The SMILES string of the molecule is CNC1CC(Oc2c(C)cccc2[N+](=O)[O-])C12CCCC2. The quantitative estimate of drug-likeness (QED) is 0.683. The van der Waals surface area contributed by atoms with Gasteiger partial charge in [-0.3, -0.25) is 10.1 Å². The summed E-state index contributed by atoms with van der Waals surface area (Å²) in [7, 11) is 2.00. The lowest BCUT2D eigenvalue weighted by atomic mass is 9.60. The molecule has 0 saturated heterocycles. The predicted octanol–water partition coefficient (Wildman–Crippen LogP) is 3.20. The number of hydrogen-bond acceptors (Lipinski definition) is 4. The highest BCUT2D eigenvalue weighted by Crippen LogP contribution is 2.55. The zero-order valence-corrected chi connectivity index (χ0v) is 12.6. The van der Waals surface area contributed by atoms with Gasteiger partial charge in [-0.1, -0.05) is 25.0 Å². The van der Waals surface area contributed by atoms with Crippen molar-refractivity contribution in [2.24, 2.45) is 5.41 Å². The van der Waals surface area contributed by atoms with Crippen molar-refractivity contribution in [3.8, 4) is 5.75 Å². The van der Waals surface area contributed by atoms with Crippen LogP contribution in [-0.2, 0) is 0 Å². The van der Waals surface area contributed by atoms with Crippen molar-refractivity contribution in [1.29, 1.82) is 0 Å². The van der Waals surface area contributed by atoms with Gasteiger partial charge in [-0.25, -0.2) is 0 Å². The fourth-order valence-electron chi connectivity index (χ4n) is 4.10. The summed E-state index contributed by atoms with van der Waals surface area (Å²) in [6.07, 6.45) is 5.80. The van der Waals surface area contributed by atoms with E-state index in [9.17, 15) is 10.1 Å². The smallest absolute Gasteiger partial charge is 0.311 e. The number of hydrogen-bond donors (Lipinski definition) is 1. The topological polar surface area (TPSA) is 64.4 Å². The van der Waals surface area contributed by atoms with Crippen LogP contribution in [0.1, 0.15) is 37.7 Å². The van der Waals surface area contributed by atoms with Crippen LogP contribution < -0.4 is 10.1 Å². The van der Waals surface area contributed by atoms with Gasteiger partial charge in [-0.2, -0.15) is 0 Å². The van der Waals surface area contributed by atoms with Gasteiger partial charge in [-0.15, -0.1) is 0 Å². The lowest BCUT2D eigenvalue weighted by Crippen LogP contribution is -2.63. The fourth-order valence-corrected chi connectivity index (χ4v) is 4.10. The van der Waals surface area contributed by atoms with E-state index in [0.29, 0.717) is 11.8 Å². The molecule has 21 heavy (non-hydrogen) atoms. The van der Waals surface area contributed by atoms with Gasteiger partial charge in [-0.05, 0) is 32.4 Å². The molecule has 2 saturated carbocycles. The predicted molar refractivity (Wildman–Crippen MR) is 80.6 cm³/mol. The first kappa shape index (κ1) is 14.3. The molecule has 2 aliphatic rings. The minimum atomic E-state index is -0.349. The van der Waals surface area contributed by atoms with Crippen molar-refractivity contribution in [2.45, 2.75) is 51.2 Å². The average molecular weight is 290 g/mol. The van der Waals surface area contributed by atoms with Gasteiger partial charge in [0.15, 0.2) is 5.75 Å². The molecule has 2 fully saturated rings. The summed E-state index contributed by atoms with van der Waals surface area (Å²) < 4.78 is 6.16. The van der Waals surface area contributed by atoms with E-state index in [1.54, 1.807) is 6.07 Å². The van der Waals surface area contributed by atoms with Crippen LogP contribution in [0.15, 0.2) is 18.2 Å². The van der Waals surface area contributed by atoms with E-state index in [0.717, 1.165) is 24.8 Å². The van der Waals surface area contributed by atoms with E-state index in [4.69, 9.17) is 4.74 Å². The summed E-state index contributed by atoms with van der Waals surface area (Å²) in [4.78, 5) is 10.9. The first-order valence-electron chi connectivity index (χ1n) is 7.66. The molecule has 114 valence electrons. The van der Waals surface area contributed by atoms with E-state index in [1.165, 1.54) is 18.9 Å². The second-order valence-electron chi connectivity index (χ2n) is 6.30. The highest BCUT2D eigenvalue weighted by molar-refractivity contribution is 5.51. The first-order valence-corrected chi connectivity index (χ1v) is 7.66. The zero-order chi connectivity index (χ0) is 15.0. The summed E-state index contributed by atoms with van der Waals surface area (Å²) in [6.45, 7) is 1.87. The maximum absolute atomic E-state index is 11.2. The summed E-state index contributed by atoms with van der Waals surface area (Å²) >= 11 is 0. The number of para-hydroxylation sites is 1. The Hall–Kier alpha value is -1.62. The van der Waals surface area contributed by atoms with Crippen molar-refractivity contribution >= 4 is 5.69 Å². The molecule has 0 bridgehead atoms. The molecule has 5 nitrogen and oxygen atoms in total. The van der Waals surface area contributed by atoms with Gasteiger partial charge in [0.1, 0.15) is 6.10 Å². The standard InChI is InChI=1S/C16H22N2O3/c1-11-6-5-7-12(18(19)20)15(11)21-14-10-13(17-2)16(14)8-3-4-9-16/h5-7,13-14,17H,3-4,8-10H2,1-2H3. The highest BCUT2D eigenvalue weighted by Gasteiger charge is 2.57. The number of nitrogens with zero attached hydrogens (tertiary/aromatic N) is 1. The Morgan fingerprint density at radius 3 is 2.71 bits per heavy atom. The Morgan fingerprint density at radius 2 is 2.10 bits per heavy atom. The normalized spacial score (nSPS) is 26.6. The molecule has 5 heteroatoms. The average Bonchev–Trinajstić information content (AvgIpc) is 2.96. The lowest BCUT2D eigenvalue weighted by Gasteiger charge is -2.53. The van der Waals surface area contributed by atoms with Gasteiger partial charge < -0.3 is 10.1 Å². The molecule has 1 N–H and O–H groups in total. The molecule has 0 aromatic heterocycles. The van der Waals surface area contributed by atoms with Crippen LogP contribution in [0.4, 0.5) is 5.69 Å². The molecule has 3 rings (SSSR count). The molecule has 1 spiro atoms. The molecule has 2 unspecified atom stereocenters. The van der Waals surface area contributed by atoms with Crippen LogP contribution >= 0.6 is 0 Å². The first-order chi connectivity index (χ1) is 10.1. The van der Waals surface area contributed by atoms with Gasteiger partial charge in [0.25, 0.3) is 0 Å². The van der Waals surface area contributed by atoms with Crippen LogP contribution in [0, 0.1) is 22.5 Å². The summed E-state index contributed by atoms with van der Waals surface area (Å²) in [5.74, 6) is 0.452. The third-order valence-electron chi connectivity index (χ3n) is 5.32. The number of nitrogens with one attached hydrogen (secondary N) is 1. The van der Waals surface area contributed by atoms with Gasteiger partial charge >= 0.3 is 5.69 Å². The van der Waals surface area contributed by atoms with Crippen LogP contribution in [-0.4, -0.2) is 24.1 Å². The van der Waals surface area contributed by atoms with Gasteiger partial charge in [0.05, 0.1) is 4.92 Å². The molecule has 0 aliphatic heterocycles. The molecule has 1 aromatic rings. The Kier molecular flexibility index (Phi) is 3.61. The lowest BCUT2D eigenvalue weighted by molar-refractivity contribution is -0.386. The van der Waals surface area contributed by atoms with Crippen molar-refractivity contribution in [1.82, 2.24) is 5.32 Å².